The van der Waals surface area contributed by atoms with E-state index in [9.17, 15) is 9.59 Å². The molecule has 1 rings (SSSR count). The molecule has 0 radical (unpaired) electrons. The van der Waals surface area contributed by atoms with Crippen LogP contribution in [0.5, 0.6) is 0 Å². The van der Waals surface area contributed by atoms with Crippen LogP contribution in [0.4, 0.5) is 0 Å². The smallest absolute Gasteiger partial charge is 0.319 e. The monoisotopic (exact) mass is 281 g/mol. The topological polar surface area (TPSA) is 59.8 Å². The molecule has 1 aromatic rings. The lowest BCUT2D eigenvalue weighted by molar-refractivity contribution is -0.158. The van der Waals surface area contributed by atoms with E-state index in [0.29, 0.717) is 13.1 Å². The number of carbonyl (C=O) groups excluding carboxylic acids is 2. The fraction of sp³-hybridized carbons (Fsp3) is 0.600. The maximum absolute atomic E-state index is 12.3. The molecule has 0 saturated carbocycles. The van der Waals surface area contributed by atoms with Gasteiger partial charge in [-0.05, 0) is 39.4 Å². The van der Waals surface area contributed by atoms with E-state index < -0.39 is 11.4 Å². The molecule has 0 N–H and O–H groups in total. The largest absolute Gasteiger partial charge is 0.468 e. The van der Waals surface area contributed by atoms with Crippen molar-refractivity contribution in [1.29, 1.82) is 0 Å². The number of hydrogen-bond acceptors (Lipinski definition) is 5. The summed E-state index contributed by atoms with van der Waals surface area (Å²) in [6.45, 7) is 8.63. The van der Waals surface area contributed by atoms with Crippen molar-refractivity contribution in [1.82, 2.24) is 4.90 Å². The van der Waals surface area contributed by atoms with E-state index in [4.69, 9.17) is 9.15 Å². The number of nitrogens with zero attached hydrogens (tertiary/aromatic N) is 1. The number of rotatable bonds is 8. The van der Waals surface area contributed by atoms with E-state index in [1.54, 1.807) is 27.0 Å². The van der Waals surface area contributed by atoms with Crippen LogP contribution in [0.15, 0.2) is 22.8 Å². The molecular formula is C15H23NO4. The van der Waals surface area contributed by atoms with Crippen LogP contribution in [0.1, 0.15) is 33.5 Å². The molecule has 0 spiro atoms. The third-order valence-electron chi connectivity index (χ3n) is 3.26. The van der Waals surface area contributed by atoms with E-state index in [1.807, 2.05) is 24.0 Å². The van der Waals surface area contributed by atoms with Gasteiger partial charge in [-0.15, -0.1) is 0 Å². The zero-order valence-corrected chi connectivity index (χ0v) is 12.6. The zero-order chi connectivity index (χ0) is 15.2. The van der Waals surface area contributed by atoms with Crippen LogP contribution in [0.2, 0.25) is 0 Å². The van der Waals surface area contributed by atoms with Crippen LogP contribution in [0.3, 0.4) is 0 Å². The highest BCUT2D eigenvalue weighted by Crippen LogP contribution is 2.20. The minimum atomic E-state index is -1.12. The molecule has 1 heterocycles. The van der Waals surface area contributed by atoms with Gasteiger partial charge in [0, 0.05) is 0 Å². The lowest BCUT2D eigenvalue weighted by Crippen LogP contribution is -2.42. The van der Waals surface area contributed by atoms with Crippen molar-refractivity contribution in [2.45, 2.75) is 34.2 Å². The summed E-state index contributed by atoms with van der Waals surface area (Å²) in [6.07, 6.45) is 1.60. The van der Waals surface area contributed by atoms with Gasteiger partial charge in [0.2, 0.25) is 0 Å². The number of esters is 1. The SMILES string of the molecule is CCOC(=O)C(C)(C)C(=O)CN(CC)Cc1ccco1. The second-order valence-electron chi connectivity index (χ2n) is 5.15. The van der Waals surface area contributed by atoms with Gasteiger partial charge in [-0.2, -0.15) is 0 Å². The first-order valence-corrected chi connectivity index (χ1v) is 6.87. The molecule has 20 heavy (non-hydrogen) atoms. The number of ether oxygens (including phenoxy) is 1. The Labute approximate surface area is 119 Å². The van der Waals surface area contributed by atoms with Gasteiger partial charge >= 0.3 is 5.97 Å². The molecule has 0 saturated heterocycles. The van der Waals surface area contributed by atoms with Gasteiger partial charge in [-0.25, -0.2) is 0 Å². The van der Waals surface area contributed by atoms with E-state index in [2.05, 4.69) is 0 Å². The first-order valence-electron chi connectivity index (χ1n) is 6.87. The van der Waals surface area contributed by atoms with E-state index in [-0.39, 0.29) is 18.9 Å². The summed E-state index contributed by atoms with van der Waals surface area (Å²) in [5, 5.41) is 0. The predicted octanol–water partition coefficient (Wildman–Crippen LogP) is 2.26. The maximum Gasteiger partial charge on any atom is 0.319 e. The summed E-state index contributed by atoms with van der Waals surface area (Å²) in [7, 11) is 0. The Kier molecular flexibility index (Phi) is 5.95. The Morgan fingerprint density at radius 3 is 2.55 bits per heavy atom. The zero-order valence-electron chi connectivity index (χ0n) is 12.6. The van der Waals surface area contributed by atoms with Crippen molar-refractivity contribution in [3.63, 3.8) is 0 Å². The minimum absolute atomic E-state index is 0.149. The second kappa shape index (κ2) is 7.24. The van der Waals surface area contributed by atoms with Gasteiger partial charge in [0.1, 0.15) is 11.2 Å². The molecule has 0 unspecified atom stereocenters. The molecule has 5 nitrogen and oxygen atoms in total. The Bertz CT molecular complexity index is 437. The maximum atomic E-state index is 12.3. The molecule has 0 atom stereocenters. The summed E-state index contributed by atoms with van der Waals surface area (Å²) in [4.78, 5) is 26.1. The standard InChI is InChI=1S/C15H23NO4/c1-5-16(10-12-8-7-9-20-12)11-13(17)15(3,4)14(18)19-6-2/h7-9H,5-6,10-11H2,1-4H3. The van der Waals surface area contributed by atoms with Gasteiger partial charge in [-0.1, -0.05) is 6.92 Å². The quantitative estimate of drug-likeness (QED) is 0.540. The Morgan fingerprint density at radius 2 is 2.05 bits per heavy atom. The fourth-order valence-electron chi connectivity index (χ4n) is 1.73. The number of furan rings is 1. The number of likely N-dealkylation sites (N-methyl/N-ethyl adjacent to an activating group) is 1. The first kappa shape index (κ1) is 16.4. The van der Waals surface area contributed by atoms with Crippen molar-refractivity contribution in [2.24, 2.45) is 5.41 Å². The second-order valence-corrected chi connectivity index (χ2v) is 5.15. The lowest BCUT2D eigenvalue weighted by atomic mass is 9.88. The predicted molar refractivity (Wildman–Crippen MR) is 75.1 cm³/mol. The Balaban J connectivity index is 2.64. The van der Waals surface area contributed by atoms with Gasteiger partial charge in [0.25, 0.3) is 0 Å². The minimum Gasteiger partial charge on any atom is -0.468 e. The average Bonchev–Trinajstić information content (AvgIpc) is 2.90. The van der Waals surface area contributed by atoms with Crippen LogP contribution in [-0.4, -0.2) is 36.3 Å². The normalized spacial score (nSPS) is 11.7. The number of Topliss-reactive ketones (excluding diaryl/α,β-unsaturated/α-hetero) is 1. The van der Waals surface area contributed by atoms with Crippen molar-refractivity contribution in [3.8, 4) is 0 Å². The highest BCUT2D eigenvalue weighted by Gasteiger charge is 2.37. The van der Waals surface area contributed by atoms with Crippen LogP contribution >= 0.6 is 0 Å². The third-order valence-corrected chi connectivity index (χ3v) is 3.26. The lowest BCUT2D eigenvalue weighted by Gasteiger charge is -2.25. The van der Waals surface area contributed by atoms with Crippen LogP contribution < -0.4 is 0 Å². The summed E-state index contributed by atoms with van der Waals surface area (Å²) in [5.41, 5.74) is -1.12. The molecule has 0 bridgehead atoms. The Morgan fingerprint density at radius 1 is 1.35 bits per heavy atom. The first-order chi connectivity index (χ1) is 9.41. The molecule has 0 amide bonds. The molecular weight excluding hydrogens is 258 g/mol. The van der Waals surface area contributed by atoms with Crippen molar-refractivity contribution < 1.29 is 18.7 Å². The van der Waals surface area contributed by atoms with Crippen molar-refractivity contribution >= 4 is 11.8 Å². The van der Waals surface area contributed by atoms with Gasteiger partial charge in [0.15, 0.2) is 5.78 Å². The van der Waals surface area contributed by atoms with Crippen molar-refractivity contribution in [3.05, 3.63) is 24.2 Å². The van der Waals surface area contributed by atoms with E-state index >= 15 is 0 Å². The molecule has 0 fully saturated rings. The highest BCUT2D eigenvalue weighted by molar-refractivity contribution is 6.03. The number of ketones is 1. The van der Waals surface area contributed by atoms with Crippen LogP contribution in [0.25, 0.3) is 0 Å². The van der Waals surface area contributed by atoms with Crippen LogP contribution in [0, 0.1) is 5.41 Å². The molecule has 0 aliphatic rings. The van der Waals surface area contributed by atoms with Gasteiger partial charge in [-0.3, -0.25) is 14.5 Å². The summed E-state index contributed by atoms with van der Waals surface area (Å²) < 4.78 is 10.2. The highest BCUT2D eigenvalue weighted by atomic mass is 16.5. The Hall–Kier alpha value is -1.62. The third kappa shape index (κ3) is 4.20. The van der Waals surface area contributed by atoms with E-state index in [1.165, 1.54) is 0 Å². The molecule has 0 aromatic carbocycles. The van der Waals surface area contributed by atoms with Crippen LogP contribution in [-0.2, 0) is 20.9 Å². The number of carbonyl (C=O) groups is 2. The van der Waals surface area contributed by atoms with E-state index in [0.717, 1.165) is 5.76 Å². The molecule has 0 aliphatic heterocycles. The summed E-state index contributed by atoms with van der Waals surface area (Å²) in [5.74, 6) is 0.178. The van der Waals surface area contributed by atoms with Gasteiger partial charge < -0.3 is 9.15 Å². The molecule has 0 aliphatic carbocycles. The van der Waals surface area contributed by atoms with Crippen molar-refractivity contribution in [2.75, 3.05) is 19.7 Å². The molecule has 112 valence electrons. The average molecular weight is 281 g/mol. The number of hydrogen-bond donors (Lipinski definition) is 0. The molecule has 5 heteroatoms. The summed E-state index contributed by atoms with van der Waals surface area (Å²) in [6, 6.07) is 3.68. The fourth-order valence-corrected chi connectivity index (χ4v) is 1.73. The molecule has 1 aromatic heterocycles. The van der Waals surface area contributed by atoms with Gasteiger partial charge in [0.05, 0.1) is 26.0 Å². The summed E-state index contributed by atoms with van der Waals surface area (Å²) >= 11 is 0.